The van der Waals surface area contributed by atoms with Gasteiger partial charge in [0.25, 0.3) is 0 Å². The molecule has 2 nitrogen and oxygen atoms in total. The van der Waals surface area contributed by atoms with Crippen LogP contribution in [0.25, 0.3) is 0 Å². The molecule has 0 amide bonds. The van der Waals surface area contributed by atoms with Crippen molar-refractivity contribution < 1.29 is 9.84 Å². The van der Waals surface area contributed by atoms with Crippen LogP contribution in [0, 0.1) is 5.92 Å². The van der Waals surface area contributed by atoms with E-state index in [-0.39, 0.29) is 12.2 Å². The molecule has 82 valence electrons. The minimum atomic E-state index is -0.431. The summed E-state index contributed by atoms with van der Waals surface area (Å²) in [5.74, 6) is 0.924. The number of ether oxygens (including phenoxy) is 1. The first-order valence-corrected chi connectivity index (χ1v) is 5.95. The molecule has 0 aromatic carbocycles. The molecule has 1 heterocycles. The molecule has 2 fully saturated rings. The highest BCUT2D eigenvalue weighted by molar-refractivity contribution is 4.89. The van der Waals surface area contributed by atoms with Gasteiger partial charge in [-0.15, -0.1) is 0 Å². The van der Waals surface area contributed by atoms with Crippen LogP contribution in [0.2, 0.25) is 0 Å². The van der Waals surface area contributed by atoms with Gasteiger partial charge >= 0.3 is 0 Å². The number of hydrogen-bond donors (Lipinski definition) is 1. The Bertz CT molecular complexity index is 188. The first-order chi connectivity index (χ1) is 6.57. The minimum Gasteiger partial charge on any atom is -0.390 e. The normalized spacial score (nSPS) is 43.9. The molecule has 0 bridgehead atoms. The SMILES string of the molecule is CC1CC(O)(CCC2CC2)CC(C)O1. The van der Waals surface area contributed by atoms with E-state index >= 15 is 0 Å². The van der Waals surface area contributed by atoms with Crippen LogP contribution < -0.4 is 0 Å². The highest BCUT2D eigenvalue weighted by Gasteiger charge is 2.37. The molecular weight excluding hydrogens is 176 g/mol. The zero-order valence-electron chi connectivity index (χ0n) is 9.33. The molecule has 2 atom stereocenters. The van der Waals surface area contributed by atoms with E-state index in [1.54, 1.807) is 0 Å². The average Bonchev–Trinajstić information content (AvgIpc) is 2.80. The second kappa shape index (κ2) is 3.82. The number of rotatable bonds is 3. The van der Waals surface area contributed by atoms with Gasteiger partial charge in [-0.1, -0.05) is 12.8 Å². The fourth-order valence-electron chi connectivity index (χ4n) is 2.73. The molecule has 1 saturated heterocycles. The molecule has 2 heteroatoms. The van der Waals surface area contributed by atoms with Crippen molar-refractivity contribution in [3.8, 4) is 0 Å². The third-order valence-corrected chi connectivity index (χ3v) is 3.51. The second-order valence-corrected chi connectivity index (χ2v) is 5.37. The molecule has 0 aromatic heterocycles. The first-order valence-electron chi connectivity index (χ1n) is 5.95. The number of aliphatic hydroxyl groups is 1. The predicted molar refractivity (Wildman–Crippen MR) is 56.2 cm³/mol. The lowest BCUT2D eigenvalue weighted by molar-refractivity contribution is -0.135. The monoisotopic (exact) mass is 198 g/mol. The highest BCUT2D eigenvalue weighted by atomic mass is 16.5. The van der Waals surface area contributed by atoms with Gasteiger partial charge in [0.1, 0.15) is 0 Å². The maximum Gasteiger partial charge on any atom is 0.0697 e. The number of hydrogen-bond acceptors (Lipinski definition) is 2. The van der Waals surface area contributed by atoms with Crippen molar-refractivity contribution in [3.63, 3.8) is 0 Å². The lowest BCUT2D eigenvalue weighted by atomic mass is 9.83. The van der Waals surface area contributed by atoms with Crippen LogP contribution in [0.1, 0.15) is 52.4 Å². The van der Waals surface area contributed by atoms with Crippen molar-refractivity contribution in [3.05, 3.63) is 0 Å². The third kappa shape index (κ3) is 2.71. The Morgan fingerprint density at radius 1 is 1.21 bits per heavy atom. The minimum absolute atomic E-state index is 0.225. The van der Waals surface area contributed by atoms with Crippen LogP contribution in [0.15, 0.2) is 0 Å². The topological polar surface area (TPSA) is 29.5 Å². The average molecular weight is 198 g/mol. The molecule has 1 aliphatic carbocycles. The van der Waals surface area contributed by atoms with Crippen molar-refractivity contribution in [1.29, 1.82) is 0 Å². The van der Waals surface area contributed by atoms with Gasteiger partial charge in [0.15, 0.2) is 0 Å². The molecule has 2 unspecified atom stereocenters. The van der Waals surface area contributed by atoms with Crippen molar-refractivity contribution in [2.45, 2.75) is 70.2 Å². The van der Waals surface area contributed by atoms with Crippen LogP contribution in [-0.2, 0) is 4.74 Å². The van der Waals surface area contributed by atoms with Gasteiger partial charge in [-0.25, -0.2) is 0 Å². The van der Waals surface area contributed by atoms with E-state index in [0.29, 0.717) is 0 Å². The van der Waals surface area contributed by atoms with Crippen molar-refractivity contribution in [2.24, 2.45) is 5.92 Å². The van der Waals surface area contributed by atoms with Crippen molar-refractivity contribution in [1.82, 2.24) is 0 Å². The largest absolute Gasteiger partial charge is 0.390 e. The molecule has 2 rings (SSSR count). The van der Waals surface area contributed by atoms with E-state index < -0.39 is 5.60 Å². The zero-order chi connectivity index (χ0) is 10.2. The van der Waals surface area contributed by atoms with Crippen LogP contribution in [-0.4, -0.2) is 22.9 Å². The van der Waals surface area contributed by atoms with Gasteiger partial charge in [0, 0.05) is 12.8 Å². The smallest absolute Gasteiger partial charge is 0.0697 e. The van der Waals surface area contributed by atoms with Gasteiger partial charge in [0.2, 0.25) is 0 Å². The lowest BCUT2D eigenvalue weighted by Gasteiger charge is -2.39. The Morgan fingerprint density at radius 3 is 2.29 bits per heavy atom. The van der Waals surface area contributed by atoms with Crippen LogP contribution in [0.5, 0.6) is 0 Å². The summed E-state index contributed by atoms with van der Waals surface area (Å²) in [5.41, 5.74) is -0.431. The Morgan fingerprint density at radius 2 is 1.79 bits per heavy atom. The summed E-state index contributed by atoms with van der Waals surface area (Å²) in [5, 5.41) is 10.4. The van der Waals surface area contributed by atoms with E-state index in [2.05, 4.69) is 13.8 Å². The Labute approximate surface area is 86.6 Å². The summed E-state index contributed by atoms with van der Waals surface area (Å²) in [6.07, 6.45) is 7.07. The van der Waals surface area contributed by atoms with E-state index in [4.69, 9.17) is 4.74 Å². The zero-order valence-corrected chi connectivity index (χ0v) is 9.33. The van der Waals surface area contributed by atoms with Gasteiger partial charge in [-0.3, -0.25) is 0 Å². The van der Waals surface area contributed by atoms with Crippen molar-refractivity contribution in [2.75, 3.05) is 0 Å². The van der Waals surface area contributed by atoms with E-state index in [1.165, 1.54) is 19.3 Å². The highest BCUT2D eigenvalue weighted by Crippen LogP contribution is 2.39. The predicted octanol–water partition coefficient (Wildman–Crippen LogP) is 2.50. The van der Waals surface area contributed by atoms with Gasteiger partial charge < -0.3 is 9.84 Å². The van der Waals surface area contributed by atoms with E-state index in [0.717, 1.165) is 25.2 Å². The Balaban J connectivity index is 1.84. The summed E-state index contributed by atoms with van der Waals surface area (Å²) < 4.78 is 5.64. The molecule has 2 aliphatic rings. The molecule has 1 aliphatic heterocycles. The standard InChI is InChI=1S/C12H22O2/c1-9-7-12(13,8-10(2)14-9)6-5-11-3-4-11/h9-11,13H,3-8H2,1-2H3. The van der Waals surface area contributed by atoms with Gasteiger partial charge in [0.05, 0.1) is 17.8 Å². The van der Waals surface area contributed by atoms with Gasteiger partial charge in [-0.05, 0) is 32.6 Å². The van der Waals surface area contributed by atoms with Crippen LogP contribution >= 0.6 is 0 Å². The fraction of sp³-hybridized carbons (Fsp3) is 1.00. The third-order valence-electron chi connectivity index (χ3n) is 3.51. The Kier molecular flexibility index (Phi) is 2.85. The second-order valence-electron chi connectivity index (χ2n) is 5.37. The molecule has 0 spiro atoms. The van der Waals surface area contributed by atoms with E-state index in [1.807, 2.05) is 0 Å². The first kappa shape index (κ1) is 10.4. The summed E-state index contributed by atoms with van der Waals surface area (Å²) >= 11 is 0. The lowest BCUT2D eigenvalue weighted by Crippen LogP contribution is -2.43. The quantitative estimate of drug-likeness (QED) is 0.755. The molecule has 1 N–H and O–H groups in total. The van der Waals surface area contributed by atoms with Gasteiger partial charge in [-0.2, -0.15) is 0 Å². The summed E-state index contributed by atoms with van der Waals surface area (Å²) in [6, 6.07) is 0. The van der Waals surface area contributed by atoms with Crippen LogP contribution in [0.4, 0.5) is 0 Å². The van der Waals surface area contributed by atoms with Crippen molar-refractivity contribution >= 4 is 0 Å². The fourth-order valence-corrected chi connectivity index (χ4v) is 2.73. The maximum absolute atomic E-state index is 10.4. The maximum atomic E-state index is 10.4. The molecule has 14 heavy (non-hydrogen) atoms. The summed E-state index contributed by atoms with van der Waals surface area (Å²) in [6.45, 7) is 4.13. The van der Waals surface area contributed by atoms with E-state index in [9.17, 15) is 5.11 Å². The summed E-state index contributed by atoms with van der Waals surface area (Å²) in [4.78, 5) is 0. The van der Waals surface area contributed by atoms with Crippen LogP contribution in [0.3, 0.4) is 0 Å². The molecule has 0 radical (unpaired) electrons. The summed E-state index contributed by atoms with van der Waals surface area (Å²) in [7, 11) is 0. The molecular formula is C12H22O2. The molecule has 1 saturated carbocycles. The Hall–Kier alpha value is -0.0800. The molecule has 0 aromatic rings.